The van der Waals surface area contributed by atoms with Crippen molar-refractivity contribution in [3.8, 4) is 0 Å². The molecule has 0 spiro atoms. The van der Waals surface area contributed by atoms with Crippen LogP contribution in [-0.2, 0) is 16.0 Å². The summed E-state index contributed by atoms with van der Waals surface area (Å²) >= 11 is 6.17. The van der Waals surface area contributed by atoms with Crippen molar-refractivity contribution in [3.05, 3.63) is 34.9 Å². The number of carbonyl (C=O) groups is 1. The van der Waals surface area contributed by atoms with Gasteiger partial charge in [-0.3, -0.25) is 4.79 Å². The molecule has 0 saturated carbocycles. The predicted octanol–water partition coefficient (Wildman–Crippen LogP) is 2.45. The second-order valence-electron chi connectivity index (χ2n) is 6.53. The fraction of sp³-hybridized carbons (Fsp3) is 0.611. The molecule has 2 fully saturated rings. The Morgan fingerprint density at radius 1 is 1.22 bits per heavy atom. The van der Waals surface area contributed by atoms with Gasteiger partial charge in [-0.25, -0.2) is 0 Å². The standard InChI is InChI=1S/C18H25ClN2O2/c19-17-5-2-1-4-16(17)12-18(22)21-8-3-7-20(9-10-21)13-15-6-11-23-14-15/h1-2,4-5,15H,3,6-14H2. The molecule has 0 N–H and O–H groups in total. The van der Waals surface area contributed by atoms with E-state index in [2.05, 4.69) is 4.90 Å². The van der Waals surface area contributed by atoms with Gasteiger partial charge in [-0.1, -0.05) is 29.8 Å². The van der Waals surface area contributed by atoms with E-state index in [9.17, 15) is 4.79 Å². The lowest BCUT2D eigenvalue weighted by molar-refractivity contribution is -0.130. The van der Waals surface area contributed by atoms with Crippen LogP contribution in [-0.4, -0.2) is 61.6 Å². The smallest absolute Gasteiger partial charge is 0.227 e. The van der Waals surface area contributed by atoms with Crippen LogP contribution in [0.3, 0.4) is 0 Å². The number of nitrogens with zero attached hydrogens (tertiary/aromatic N) is 2. The summed E-state index contributed by atoms with van der Waals surface area (Å²) in [7, 11) is 0. The Kier molecular flexibility index (Phi) is 5.92. The van der Waals surface area contributed by atoms with Crippen LogP contribution in [0.15, 0.2) is 24.3 Å². The zero-order valence-corrected chi connectivity index (χ0v) is 14.3. The van der Waals surface area contributed by atoms with Crippen LogP contribution in [0.4, 0.5) is 0 Å². The number of amides is 1. The quantitative estimate of drug-likeness (QED) is 0.846. The number of hydrogen-bond acceptors (Lipinski definition) is 3. The van der Waals surface area contributed by atoms with Gasteiger partial charge in [0.1, 0.15) is 0 Å². The number of halogens is 1. The molecule has 4 nitrogen and oxygen atoms in total. The molecule has 23 heavy (non-hydrogen) atoms. The van der Waals surface area contributed by atoms with Gasteiger partial charge in [0.25, 0.3) is 0 Å². The second-order valence-corrected chi connectivity index (χ2v) is 6.94. The monoisotopic (exact) mass is 336 g/mol. The average molecular weight is 337 g/mol. The highest BCUT2D eigenvalue weighted by Crippen LogP contribution is 2.18. The lowest BCUT2D eigenvalue weighted by Crippen LogP contribution is -2.37. The zero-order valence-electron chi connectivity index (χ0n) is 13.5. The van der Waals surface area contributed by atoms with Crippen molar-refractivity contribution in [1.29, 1.82) is 0 Å². The number of benzene rings is 1. The first kappa shape index (κ1) is 16.7. The Balaban J connectivity index is 1.50. The van der Waals surface area contributed by atoms with E-state index in [1.54, 1.807) is 0 Å². The Labute approximate surface area is 143 Å². The summed E-state index contributed by atoms with van der Waals surface area (Å²) in [5, 5.41) is 0.679. The molecule has 0 radical (unpaired) electrons. The van der Waals surface area contributed by atoms with Crippen LogP contribution in [0.2, 0.25) is 5.02 Å². The third kappa shape index (κ3) is 4.69. The van der Waals surface area contributed by atoms with Crippen LogP contribution in [0.25, 0.3) is 0 Å². The molecule has 2 heterocycles. The number of carbonyl (C=O) groups excluding carboxylic acids is 1. The van der Waals surface area contributed by atoms with Crippen molar-refractivity contribution in [2.45, 2.75) is 19.3 Å². The minimum atomic E-state index is 0.184. The maximum absolute atomic E-state index is 12.6. The van der Waals surface area contributed by atoms with Crippen LogP contribution in [0.1, 0.15) is 18.4 Å². The second kappa shape index (κ2) is 8.13. The third-order valence-corrected chi connectivity index (χ3v) is 5.15. The van der Waals surface area contributed by atoms with E-state index in [1.807, 2.05) is 29.2 Å². The fourth-order valence-electron chi connectivity index (χ4n) is 3.41. The van der Waals surface area contributed by atoms with Crippen LogP contribution in [0, 0.1) is 5.92 Å². The first-order valence-corrected chi connectivity index (χ1v) is 8.91. The van der Waals surface area contributed by atoms with Crippen LogP contribution >= 0.6 is 11.6 Å². The molecule has 1 aromatic rings. The molecule has 1 atom stereocenters. The summed E-state index contributed by atoms with van der Waals surface area (Å²) in [6.45, 7) is 6.61. The van der Waals surface area contributed by atoms with Gasteiger partial charge in [-0.15, -0.1) is 0 Å². The molecule has 0 aromatic heterocycles. The highest BCUT2D eigenvalue weighted by Gasteiger charge is 2.23. The van der Waals surface area contributed by atoms with Gasteiger partial charge in [-0.05, 0) is 36.9 Å². The van der Waals surface area contributed by atoms with E-state index in [0.29, 0.717) is 17.4 Å². The molecule has 1 unspecified atom stereocenters. The predicted molar refractivity (Wildman–Crippen MR) is 91.7 cm³/mol. The van der Waals surface area contributed by atoms with Crippen molar-refractivity contribution >= 4 is 17.5 Å². The lowest BCUT2D eigenvalue weighted by Gasteiger charge is -2.24. The topological polar surface area (TPSA) is 32.8 Å². The van der Waals surface area contributed by atoms with Crippen molar-refractivity contribution in [2.75, 3.05) is 45.9 Å². The number of hydrogen-bond donors (Lipinski definition) is 0. The highest BCUT2D eigenvalue weighted by molar-refractivity contribution is 6.31. The Morgan fingerprint density at radius 3 is 2.87 bits per heavy atom. The van der Waals surface area contributed by atoms with Gasteiger partial charge in [0.05, 0.1) is 13.0 Å². The lowest BCUT2D eigenvalue weighted by atomic mass is 10.1. The van der Waals surface area contributed by atoms with Gasteiger partial charge < -0.3 is 14.5 Å². The molecule has 2 aliphatic heterocycles. The summed E-state index contributed by atoms with van der Waals surface area (Å²) < 4.78 is 5.46. The third-order valence-electron chi connectivity index (χ3n) is 4.78. The van der Waals surface area contributed by atoms with Gasteiger partial charge in [0, 0.05) is 37.8 Å². The van der Waals surface area contributed by atoms with E-state index in [1.165, 1.54) is 6.42 Å². The minimum Gasteiger partial charge on any atom is -0.381 e. The van der Waals surface area contributed by atoms with E-state index in [-0.39, 0.29) is 5.91 Å². The summed E-state index contributed by atoms with van der Waals surface area (Å²) in [6.07, 6.45) is 2.61. The summed E-state index contributed by atoms with van der Waals surface area (Å²) in [5.41, 5.74) is 0.920. The fourth-order valence-corrected chi connectivity index (χ4v) is 3.61. The largest absolute Gasteiger partial charge is 0.381 e. The average Bonchev–Trinajstić information content (AvgIpc) is 2.94. The number of rotatable bonds is 4. The molecule has 1 aromatic carbocycles. The maximum Gasteiger partial charge on any atom is 0.227 e. The normalized spacial score (nSPS) is 23.0. The van der Waals surface area contributed by atoms with Crippen molar-refractivity contribution < 1.29 is 9.53 Å². The van der Waals surface area contributed by atoms with Gasteiger partial charge >= 0.3 is 0 Å². The summed E-state index contributed by atoms with van der Waals surface area (Å²) in [6, 6.07) is 7.61. The van der Waals surface area contributed by atoms with Crippen LogP contribution in [0.5, 0.6) is 0 Å². The van der Waals surface area contributed by atoms with Crippen molar-refractivity contribution in [2.24, 2.45) is 5.92 Å². The Morgan fingerprint density at radius 2 is 2.09 bits per heavy atom. The molecular formula is C18H25ClN2O2. The van der Waals surface area contributed by atoms with E-state index in [0.717, 1.165) is 57.9 Å². The molecule has 2 aliphatic rings. The van der Waals surface area contributed by atoms with Crippen molar-refractivity contribution in [3.63, 3.8) is 0 Å². The molecule has 2 saturated heterocycles. The zero-order chi connectivity index (χ0) is 16.1. The molecule has 5 heteroatoms. The number of ether oxygens (including phenoxy) is 1. The van der Waals surface area contributed by atoms with Gasteiger partial charge in [0.2, 0.25) is 5.91 Å². The highest BCUT2D eigenvalue weighted by atomic mass is 35.5. The molecule has 0 bridgehead atoms. The molecule has 1 amide bonds. The molecule has 0 aliphatic carbocycles. The Bertz CT molecular complexity index is 532. The molecule has 126 valence electrons. The van der Waals surface area contributed by atoms with Gasteiger partial charge in [-0.2, -0.15) is 0 Å². The van der Waals surface area contributed by atoms with E-state index < -0.39 is 0 Å². The Hall–Kier alpha value is -1.10. The SMILES string of the molecule is O=C(Cc1ccccc1Cl)N1CCCN(CC2CCOC2)CC1. The van der Waals surface area contributed by atoms with E-state index in [4.69, 9.17) is 16.3 Å². The minimum absolute atomic E-state index is 0.184. The first-order chi connectivity index (χ1) is 11.2. The first-order valence-electron chi connectivity index (χ1n) is 8.53. The van der Waals surface area contributed by atoms with Crippen molar-refractivity contribution in [1.82, 2.24) is 9.80 Å². The summed E-state index contributed by atoms with van der Waals surface area (Å²) in [4.78, 5) is 17.0. The van der Waals surface area contributed by atoms with Gasteiger partial charge in [0.15, 0.2) is 0 Å². The summed E-state index contributed by atoms with van der Waals surface area (Å²) in [5.74, 6) is 0.851. The molecular weight excluding hydrogens is 312 g/mol. The molecule has 3 rings (SSSR count). The van der Waals surface area contributed by atoms with E-state index >= 15 is 0 Å². The van der Waals surface area contributed by atoms with Crippen LogP contribution < -0.4 is 0 Å². The maximum atomic E-state index is 12.6.